The number of benzene rings is 2. The maximum absolute atomic E-state index is 13.0. The smallest absolute Gasteiger partial charge is 0.270 e. The molecule has 2 aromatic heterocycles. The molecule has 33 heavy (non-hydrogen) atoms. The summed E-state index contributed by atoms with van der Waals surface area (Å²) in [5.74, 6) is 0.177. The number of carbonyl (C=O) groups excluding carboxylic acids is 2. The Morgan fingerprint density at radius 1 is 0.939 bits per heavy atom. The first kappa shape index (κ1) is 22.1. The highest BCUT2D eigenvalue weighted by molar-refractivity contribution is 6.09. The van der Waals surface area contributed by atoms with Crippen LogP contribution in [0.15, 0.2) is 54.7 Å². The molecule has 3 N–H and O–H groups in total. The van der Waals surface area contributed by atoms with Gasteiger partial charge in [-0.25, -0.2) is 4.98 Å². The van der Waals surface area contributed by atoms with E-state index in [1.165, 1.54) is 14.2 Å². The van der Waals surface area contributed by atoms with Crippen LogP contribution in [0.1, 0.15) is 24.3 Å². The molecule has 2 heterocycles. The van der Waals surface area contributed by atoms with Crippen LogP contribution in [-0.2, 0) is 4.79 Å². The van der Waals surface area contributed by atoms with E-state index in [2.05, 4.69) is 20.6 Å². The fourth-order valence-electron chi connectivity index (χ4n) is 3.72. The number of pyridine rings is 1. The second-order valence-corrected chi connectivity index (χ2v) is 8.07. The van der Waals surface area contributed by atoms with E-state index in [0.29, 0.717) is 17.2 Å². The minimum Gasteiger partial charge on any atom is -0.497 e. The van der Waals surface area contributed by atoms with Crippen molar-refractivity contribution < 1.29 is 19.1 Å². The molecule has 4 rings (SSSR count). The van der Waals surface area contributed by atoms with E-state index in [1.54, 1.807) is 30.5 Å². The number of fused-ring (bicyclic) bond motifs is 3. The number of para-hydroxylation sites is 1. The second kappa shape index (κ2) is 9.20. The highest BCUT2D eigenvalue weighted by atomic mass is 16.5. The van der Waals surface area contributed by atoms with Gasteiger partial charge in [-0.15, -0.1) is 0 Å². The summed E-state index contributed by atoms with van der Waals surface area (Å²) >= 11 is 0. The molecule has 2 aromatic carbocycles. The number of aromatic amines is 1. The summed E-state index contributed by atoms with van der Waals surface area (Å²) in [6.07, 6.45) is 1.64. The summed E-state index contributed by atoms with van der Waals surface area (Å²) in [7, 11) is 3.07. The zero-order valence-corrected chi connectivity index (χ0v) is 18.9. The third-order valence-corrected chi connectivity index (χ3v) is 5.48. The molecule has 0 spiro atoms. The van der Waals surface area contributed by atoms with Crippen molar-refractivity contribution in [2.75, 3.05) is 19.5 Å². The van der Waals surface area contributed by atoms with Gasteiger partial charge in [0.1, 0.15) is 23.2 Å². The van der Waals surface area contributed by atoms with E-state index in [0.717, 1.165) is 21.8 Å². The fraction of sp³-hybridized carbons (Fsp3) is 0.240. The largest absolute Gasteiger partial charge is 0.497 e. The van der Waals surface area contributed by atoms with Crippen molar-refractivity contribution in [2.24, 2.45) is 5.92 Å². The third kappa shape index (κ3) is 4.59. The van der Waals surface area contributed by atoms with E-state index in [9.17, 15) is 9.59 Å². The van der Waals surface area contributed by atoms with Crippen LogP contribution in [-0.4, -0.2) is 42.0 Å². The van der Waals surface area contributed by atoms with Crippen LogP contribution in [0.5, 0.6) is 11.5 Å². The number of hydrogen-bond acceptors (Lipinski definition) is 5. The zero-order valence-electron chi connectivity index (χ0n) is 18.9. The minimum atomic E-state index is -0.768. The van der Waals surface area contributed by atoms with Crippen molar-refractivity contribution >= 4 is 39.3 Å². The predicted molar refractivity (Wildman–Crippen MR) is 128 cm³/mol. The Balaban J connectivity index is 1.56. The number of ether oxygens (including phenoxy) is 2. The van der Waals surface area contributed by atoms with E-state index >= 15 is 0 Å². The number of amides is 2. The van der Waals surface area contributed by atoms with Crippen LogP contribution in [0.25, 0.3) is 21.8 Å². The normalized spacial score (nSPS) is 12.0. The Morgan fingerprint density at radius 2 is 1.64 bits per heavy atom. The molecule has 2 amide bonds. The molecule has 8 heteroatoms. The van der Waals surface area contributed by atoms with Crippen LogP contribution in [0.3, 0.4) is 0 Å². The van der Waals surface area contributed by atoms with Gasteiger partial charge >= 0.3 is 0 Å². The van der Waals surface area contributed by atoms with E-state index in [-0.39, 0.29) is 17.5 Å². The number of H-pyrrole nitrogens is 1. The van der Waals surface area contributed by atoms with Gasteiger partial charge in [0.05, 0.1) is 25.9 Å². The standard InChI is InChI=1S/C25H26N4O4/c1-14(2)23(25(31)27-15-9-16(32-3)11-17(10-15)33-4)29-24(30)21-12-19-18-7-5-6-8-20(18)28-22(19)13-26-21/h5-14,23,28H,1-4H3,(H,27,31)(H,29,30). The van der Waals surface area contributed by atoms with Gasteiger partial charge in [-0.05, 0) is 18.1 Å². The van der Waals surface area contributed by atoms with Crippen molar-refractivity contribution in [3.63, 3.8) is 0 Å². The lowest BCUT2D eigenvalue weighted by Crippen LogP contribution is -2.47. The number of methoxy groups -OCH3 is 2. The Kier molecular flexibility index (Phi) is 6.17. The van der Waals surface area contributed by atoms with Gasteiger partial charge in [-0.2, -0.15) is 0 Å². The van der Waals surface area contributed by atoms with Gasteiger partial charge in [0.2, 0.25) is 5.91 Å². The summed E-state index contributed by atoms with van der Waals surface area (Å²) < 4.78 is 10.5. The first-order chi connectivity index (χ1) is 15.9. The number of aromatic nitrogens is 2. The molecule has 0 fully saturated rings. The van der Waals surface area contributed by atoms with E-state index in [4.69, 9.17) is 9.47 Å². The predicted octanol–water partition coefficient (Wildman–Crippen LogP) is 4.13. The maximum Gasteiger partial charge on any atom is 0.270 e. The second-order valence-electron chi connectivity index (χ2n) is 8.07. The van der Waals surface area contributed by atoms with Gasteiger partial charge < -0.3 is 25.1 Å². The average molecular weight is 447 g/mol. The topological polar surface area (TPSA) is 105 Å². The molecule has 8 nitrogen and oxygen atoms in total. The van der Waals surface area contributed by atoms with E-state index in [1.807, 2.05) is 38.1 Å². The van der Waals surface area contributed by atoms with Gasteiger partial charge in [-0.3, -0.25) is 9.59 Å². The van der Waals surface area contributed by atoms with Crippen LogP contribution in [0.4, 0.5) is 5.69 Å². The van der Waals surface area contributed by atoms with E-state index < -0.39 is 11.9 Å². The third-order valence-electron chi connectivity index (χ3n) is 5.48. The molecule has 4 aromatic rings. The molecule has 0 saturated carbocycles. The van der Waals surface area contributed by atoms with Gasteiger partial charge in [0.15, 0.2) is 0 Å². The monoisotopic (exact) mass is 446 g/mol. The average Bonchev–Trinajstić information content (AvgIpc) is 3.19. The Morgan fingerprint density at radius 3 is 2.30 bits per heavy atom. The summed E-state index contributed by atoms with van der Waals surface area (Å²) in [6.45, 7) is 3.74. The number of nitrogens with zero attached hydrogens (tertiary/aromatic N) is 1. The summed E-state index contributed by atoms with van der Waals surface area (Å²) in [5, 5.41) is 7.58. The van der Waals surface area contributed by atoms with Gasteiger partial charge in [0, 0.05) is 40.2 Å². The van der Waals surface area contributed by atoms with Crippen LogP contribution in [0.2, 0.25) is 0 Å². The highest BCUT2D eigenvalue weighted by Crippen LogP contribution is 2.27. The van der Waals surface area contributed by atoms with Gasteiger partial charge in [-0.1, -0.05) is 32.0 Å². The molecule has 1 unspecified atom stereocenters. The molecule has 0 aliphatic rings. The lowest BCUT2D eigenvalue weighted by atomic mass is 10.0. The first-order valence-corrected chi connectivity index (χ1v) is 10.6. The SMILES string of the molecule is COc1cc(NC(=O)C(NC(=O)c2cc3c(cn2)[nH]c2ccccc23)C(C)C)cc(OC)c1. The number of anilines is 1. The summed E-state index contributed by atoms with van der Waals surface area (Å²) in [6, 6.07) is 13.9. The number of rotatable bonds is 7. The van der Waals surface area contributed by atoms with Crippen molar-refractivity contribution in [1.82, 2.24) is 15.3 Å². The molecule has 170 valence electrons. The van der Waals surface area contributed by atoms with Crippen LogP contribution in [0, 0.1) is 5.92 Å². The summed E-state index contributed by atoms with van der Waals surface area (Å²) in [4.78, 5) is 33.6. The Labute approximate surface area is 191 Å². The van der Waals surface area contributed by atoms with Crippen LogP contribution < -0.4 is 20.1 Å². The number of nitrogens with one attached hydrogen (secondary N) is 3. The number of hydrogen-bond donors (Lipinski definition) is 3. The molecule has 0 radical (unpaired) electrons. The fourth-order valence-corrected chi connectivity index (χ4v) is 3.72. The van der Waals surface area contributed by atoms with Crippen LogP contribution >= 0.6 is 0 Å². The van der Waals surface area contributed by atoms with Gasteiger partial charge in [0.25, 0.3) is 5.91 Å². The molecular weight excluding hydrogens is 420 g/mol. The minimum absolute atomic E-state index is 0.154. The highest BCUT2D eigenvalue weighted by Gasteiger charge is 2.26. The number of carbonyl (C=O) groups is 2. The molecule has 0 aliphatic heterocycles. The maximum atomic E-state index is 13.0. The van der Waals surface area contributed by atoms with Crippen molar-refractivity contribution in [2.45, 2.75) is 19.9 Å². The molecule has 1 atom stereocenters. The van der Waals surface area contributed by atoms with Crippen molar-refractivity contribution in [3.8, 4) is 11.5 Å². The zero-order chi connectivity index (χ0) is 23.5. The lowest BCUT2D eigenvalue weighted by Gasteiger charge is -2.22. The van der Waals surface area contributed by atoms with Crippen molar-refractivity contribution in [1.29, 1.82) is 0 Å². The lowest BCUT2D eigenvalue weighted by molar-refractivity contribution is -0.118. The quantitative estimate of drug-likeness (QED) is 0.396. The molecular formula is C25H26N4O4. The molecule has 0 saturated heterocycles. The van der Waals surface area contributed by atoms with Crippen molar-refractivity contribution in [3.05, 3.63) is 60.4 Å². The molecule has 0 bridgehead atoms. The summed E-state index contributed by atoms with van der Waals surface area (Å²) in [5.41, 5.74) is 2.57. The Hall–Kier alpha value is -4.07. The first-order valence-electron chi connectivity index (χ1n) is 10.6. The Bertz CT molecular complexity index is 1310. The molecule has 0 aliphatic carbocycles.